The average molecular weight is 679 g/mol. The number of nitrogens with two attached hydrogens (primary N) is 1. The van der Waals surface area contributed by atoms with Gasteiger partial charge in [0, 0.05) is 13.1 Å². The quantitative estimate of drug-likeness (QED) is 0.0960. The van der Waals surface area contributed by atoms with Gasteiger partial charge in [-0.05, 0) is 5.56 Å². The SMILES string of the molecule is NCCOCCOCCOCCOCCOCCOCCOCCOCCOCCOCCOCCNC(=O)OCc1ccccc1. The van der Waals surface area contributed by atoms with Gasteiger partial charge in [-0.1, -0.05) is 30.3 Å². The molecule has 1 rings (SSSR count). The van der Waals surface area contributed by atoms with Crippen LogP contribution in [0.25, 0.3) is 0 Å². The molecule has 0 unspecified atom stereocenters. The van der Waals surface area contributed by atoms with Crippen molar-refractivity contribution in [3.05, 3.63) is 35.9 Å². The van der Waals surface area contributed by atoms with E-state index in [4.69, 9.17) is 62.6 Å². The highest BCUT2D eigenvalue weighted by molar-refractivity contribution is 5.67. The highest BCUT2D eigenvalue weighted by Crippen LogP contribution is 2.00. The number of amides is 1. The molecule has 0 aliphatic rings. The first-order valence-corrected chi connectivity index (χ1v) is 16.3. The summed E-state index contributed by atoms with van der Waals surface area (Å²) in [4.78, 5) is 11.6. The Balaban J connectivity index is 1.63. The Hall–Kier alpha value is -1.99. The molecule has 0 bridgehead atoms. The van der Waals surface area contributed by atoms with Gasteiger partial charge in [-0.3, -0.25) is 0 Å². The molecule has 1 aromatic carbocycles. The maximum atomic E-state index is 11.6. The maximum Gasteiger partial charge on any atom is 0.407 e. The van der Waals surface area contributed by atoms with Crippen LogP contribution in [-0.2, 0) is 63.4 Å². The molecule has 274 valence electrons. The second-order valence-electron chi connectivity index (χ2n) is 9.51. The molecule has 15 heteroatoms. The van der Waals surface area contributed by atoms with Gasteiger partial charge < -0.3 is 67.9 Å². The Morgan fingerprint density at radius 1 is 0.447 bits per heavy atom. The molecule has 1 amide bonds. The van der Waals surface area contributed by atoms with Crippen molar-refractivity contribution in [2.75, 3.05) is 158 Å². The predicted octanol–water partition coefficient (Wildman–Crippen LogP) is 1.05. The number of ether oxygens (including phenoxy) is 12. The monoisotopic (exact) mass is 678 g/mol. The third kappa shape index (κ3) is 33.7. The number of rotatable bonds is 37. The molecule has 0 saturated carbocycles. The lowest BCUT2D eigenvalue weighted by molar-refractivity contribution is -0.0274. The van der Waals surface area contributed by atoms with Gasteiger partial charge in [0.2, 0.25) is 0 Å². The Labute approximate surface area is 279 Å². The van der Waals surface area contributed by atoms with Crippen molar-refractivity contribution in [2.24, 2.45) is 5.73 Å². The number of carbonyl (C=O) groups is 1. The summed E-state index contributed by atoms with van der Waals surface area (Å²) >= 11 is 0. The number of benzene rings is 1. The van der Waals surface area contributed by atoms with E-state index in [1.165, 1.54) is 0 Å². The Morgan fingerprint density at radius 2 is 0.745 bits per heavy atom. The molecule has 0 heterocycles. The van der Waals surface area contributed by atoms with Crippen molar-refractivity contribution < 1.29 is 61.6 Å². The maximum absolute atomic E-state index is 11.6. The van der Waals surface area contributed by atoms with E-state index < -0.39 is 6.09 Å². The van der Waals surface area contributed by atoms with Gasteiger partial charge in [0.1, 0.15) is 6.61 Å². The smallest absolute Gasteiger partial charge is 0.407 e. The normalized spacial score (nSPS) is 11.3. The van der Waals surface area contributed by atoms with E-state index in [-0.39, 0.29) is 6.61 Å². The first-order valence-electron chi connectivity index (χ1n) is 16.3. The molecule has 0 fully saturated rings. The Morgan fingerprint density at radius 3 is 1.06 bits per heavy atom. The lowest BCUT2D eigenvalue weighted by Crippen LogP contribution is -2.28. The minimum atomic E-state index is -0.470. The van der Waals surface area contributed by atoms with E-state index in [1.807, 2.05) is 30.3 Å². The number of alkyl carbamates (subject to hydrolysis) is 1. The second kappa shape index (κ2) is 36.8. The van der Waals surface area contributed by atoms with Gasteiger partial charge in [-0.15, -0.1) is 0 Å². The number of nitrogens with one attached hydrogen (secondary N) is 1. The van der Waals surface area contributed by atoms with Gasteiger partial charge in [0.15, 0.2) is 0 Å². The highest BCUT2D eigenvalue weighted by atomic mass is 16.6. The average Bonchev–Trinajstić information content (AvgIpc) is 3.09. The van der Waals surface area contributed by atoms with Crippen molar-refractivity contribution in [3.8, 4) is 0 Å². The molecule has 0 atom stereocenters. The Bertz CT molecular complexity index is 768. The van der Waals surface area contributed by atoms with Crippen molar-refractivity contribution in [3.63, 3.8) is 0 Å². The lowest BCUT2D eigenvalue weighted by Gasteiger charge is -2.09. The van der Waals surface area contributed by atoms with Crippen LogP contribution < -0.4 is 11.1 Å². The van der Waals surface area contributed by atoms with E-state index >= 15 is 0 Å². The standard InChI is InChI=1S/C32H58N2O13/c33-6-8-36-10-12-38-14-16-40-18-20-42-22-24-44-26-28-46-29-27-45-25-23-43-21-19-41-17-15-39-13-11-37-9-7-34-32(35)47-30-31-4-2-1-3-5-31/h1-5H,6-30,33H2,(H,34,35). The molecule has 0 aliphatic heterocycles. The van der Waals surface area contributed by atoms with Crippen LogP contribution in [0.5, 0.6) is 0 Å². The van der Waals surface area contributed by atoms with Crippen LogP contribution in [0, 0.1) is 0 Å². The molecule has 15 nitrogen and oxygen atoms in total. The van der Waals surface area contributed by atoms with Crippen LogP contribution in [0.15, 0.2) is 30.3 Å². The number of hydrogen-bond donors (Lipinski definition) is 2. The molecule has 47 heavy (non-hydrogen) atoms. The zero-order valence-electron chi connectivity index (χ0n) is 27.9. The third-order valence-electron chi connectivity index (χ3n) is 5.71. The van der Waals surface area contributed by atoms with Crippen LogP contribution in [0.1, 0.15) is 5.56 Å². The summed E-state index contributed by atoms with van der Waals surface area (Å²) in [5, 5.41) is 2.64. The van der Waals surface area contributed by atoms with Gasteiger partial charge in [0.05, 0.1) is 145 Å². The summed E-state index contributed by atoms with van der Waals surface area (Å²) in [7, 11) is 0. The van der Waals surface area contributed by atoms with Crippen LogP contribution in [0.2, 0.25) is 0 Å². The van der Waals surface area contributed by atoms with Crippen molar-refractivity contribution in [1.29, 1.82) is 0 Å². The van der Waals surface area contributed by atoms with Crippen LogP contribution in [0.3, 0.4) is 0 Å². The molecular formula is C32H58N2O13. The molecule has 1 aromatic rings. The summed E-state index contributed by atoms with van der Waals surface area (Å²) in [5.41, 5.74) is 6.27. The second-order valence-corrected chi connectivity index (χ2v) is 9.51. The summed E-state index contributed by atoms with van der Waals surface area (Å²) < 4.78 is 64.8. The van der Waals surface area contributed by atoms with Crippen molar-refractivity contribution in [2.45, 2.75) is 6.61 Å². The van der Waals surface area contributed by atoms with E-state index in [0.717, 1.165) is 5.56 Å². The van der Waals surface area contributed by atoms with Gasteiger partial charge in [0.25, 0.3) is 0 Å². The highest BCUT2D eigenvalue weighted by Gasteiger charge is 2.02. The number of hydrogen-bond acceptors (Lipinski definition) is 14. The van der Waals surface area contributed by atoms with E-state index in [1.54, 1.807) is 0 Å². The molecule has 0 saturated heterocycles. The summed E-state index contributed by atoms with van der Waals surface area (Å²) in [5.74, 6) is 0. The van der Waals surface area contributed by atoms with E-state index in [0.29, 0.717) is 158 Å². The number of carbonyl (C=O) groups excluding carboxylic acids is 1. The van der Waals surface area contributed by atoms with Gasteiger partial charge in [-0.25, -0.2) is 4.79 Å². The lowest BCUT2D eigenvalue weighted by atomic mass is 10.2. The van der Waals surface area contributed by atoms with Crippen LogP contribution in [0.4, 0.5) is 4.79 Å². The minimum Gasteiger partial charge on any atom is -0.445 e. The fourth-order valence-electron chi connectivity index (χ4n) is 3.38. The fourth-order valence-corrected chi connectivity index (χ4v) is 3.38. The predicted molar refractivity (Wildman–Crippen MR) is 173 cm³/mol. The van der Waals surface area contributed by atoms with E-state index in [2.05, 4.69) is 5.32 Å². The summed E-state index contributed by atoms with van der Waals surface area (Å²) in [6, 6.07) is 9.50. The topological polar surface area (TPSA) is 166 Å². The third-order valence-corrected chi connectivity index (χ3v) is 5.71. The van der Waals surface area contributed by atoms with Crippen LogP contribution >= 0.6 is 0 Å². The summed E-state index contributed by atoms with van der Waals surface area (Å²) in [6.07, 6.45) is -0.470. The molecular weight excluding hydrogens is 620 g/mol. The minimum absolute atomic E-state index is 0.237. The summed E-state index contributed by atoms with van der Waals surface area (Å²) in [6.45, 7) is 12.0. The molecule has 0 aliphatic carbocycles. The van der Waals surface area contributed by atoms with E-state index in [9.17, 15) is 4.79 Å². The zero-order chi connectivity index (χ0) is 33.6. The fraction of sp³-hybridized carbons (Fsp3) is 0.781. The van der Waals surface area contributed by atoms with Crippen LogP contribution in [-0.4, -0.2) is 165 Å². The molecule has 3 N–H and O–H groups in total. The first kappa shape index (κ1) is 43.0. The molecule has 0 radical (unpaired) electrons. The largest absolute Gasteiger partial charge is 0.445 e. The van der Waals surface area contributed by atoms with Gasteiger partial charge >= 0.3 is 6.09 Å². The van der Waals surface area contributed by atoms with Crippen molar-refractivity contribution in [1.82, 2.24) is 5.32 Å². The zero-order valence-corrected chi connectivity index (χ0v) is 27.9. The van der Waals surface area contributed by atoms with Crippen molar-refractivity contribution >= 4 is 6.09 Å². The first-order chi connectivity index (χ1) is 23.3. The van der Waals surface area contributed by atoms with Gasteiger partial charge in [-0.2, -0.15) is 0 Å². The Kier molecular flexibility index (Phi) is 33.7. The molecule has 0 aromatic heterocycles. The molecule has 0 spiro atoms.